The zero-order valence-corrected chi connectivity index (χ0v) is 75.6. The second-order valence-corrected chi connectivity index (χ2v) is 37.8. The highest BCUT2D eigenvalue weighted by Crippen LogP contribution is 2.56. The van der Waals surface area contributed by atoms with Gasteiger partial charge in [-0.15, -0.1) is 0 Å². The molecule has 131 heavy (non-hydrogen) atoms. The van der Waals surface area contributed by atoms with Gasteiger partial charge in [0.25, 0.3) is 0 Å². The first-order chi connectivity index (χ1) is 64.0. The van der Waals surface area contributed by atoms with Crippen LogP contribution in [0.5, 0.6) is 0 Å². The van der Waals surface area contributed by atoms with Crippen molar-refractivity contribution in [1.82, 2.24) is 0 Å². The van der Waals surface area contributed by atoms with E-state index in [9.17, 15) is 0 Å². The molecule has 0 aromatic heterocycles. The van der Waals surface area contributed by atoms with Crippen LogP contribution in [0.25, 0.3) is 233 Å². The van der Waals surface area contributed by atoms with Crippen molar-refractivity contribution in [3.63, 3.8) is 0 Å². The quantitative estimate of drug-likeness (QED) is 0.114. The van der Waals surface area contributed by atoms with Crippen LogP contribution in [0.15, 0.2) is 443 Å². The first-order valence-corrected chi connectivity index (χ1v) is 46.2. The van der Waals surface area contributed by atoms with E-state index in [0.717, 1.165) is 0 Å². The number of benzene rings is 21. The molecule has 0 saturated heterocycles. The van der Waals surface area contributed by atoms with Gasteiger partial charge < -0.3 is 0 Å². The summed E-state index contributed by atoms with van der Waals surface area (Å²) in [5.41, 5.74) is 53.1. The molecule has 0 spiro atoms. The van der Waals surface area contributed by atoms with E-state index in [1.807, 2.05) is 0 Å². The molecule has 0 amide bonds. The van der Waals surface area contributed by atoms with E-state index in [-0.39, 0.29) is 10.8 Å². The minimum atomic E-state index is 0.109. The van der Waals surface area contributed by atoms with Crippen LogP contribution < -0.4 is 0 Å². The molecule has 624 valence electrons. The molecular formula is C131H100. The highest BCUT2D eigenvalue weighted by Gasteiger charge is 2.30. The summed E-state index contributed by atoms with van der Waals surface area (Å²) >= 11 is 0. The smallest absolute Gasteiger partial charge is 0.00201 e. The molecule has 0 atom stereocenters. The predicted molar refractivity (Wildman–Crippen MR) is 562 cm³/mol. The van der Waals surface area contributed by atoms with E-state index in [1.54, 1.807) is 0 Å². The van der Waals surface area contributed by atoms with Crippen LogP contribution in [-0.4, -0.2) is 0 Å². The lowest BCUT2D eigenvalue weighted by Crippen LogP contribution is -2.10. The molecule has 0 heteroatoms. The summed E-state index contributed by atoms with van der Waals surface area (Å²) in [6, 6.07) is 163. The van der Waals surface area contributed by atoms with Crippen LogP contribution in [0, 0.1) is 20.8 Å². The van der Waals surface area contributed by atoms with E-state index in [0.29, 0.717) is 0 Å². The molecule has 0 N–H and O–H groups in total. The van der Waals surface area contributed by atoms with Crippen LogP contribution in [0.3, 0.4) is 0 Å². The van der Waals surface area contributed by atoms with Gasteiger partial charge >= 0.3 is 0 Å². The van der Waals surface area contributed by atoms with Gasteiger partial charge in [0.2, 0.25) is 0 Å². The molecule has 0 radical (unpaired) electrons. The van der Waals surface area contributed by atoms with Crippen molar-refractivity contribution < 1.29 is 0 Å². The van der Waals surface area contributed by atoms with Crippen LogP contribution in [0.4, 0.5) is 0 Å². The molecule has 0 unspecified atom stereocenters. The summed E-state index contributed by atoms with van der Waals surface area (Å²) in [6.07, 6.45) is 0. The Labute approximate surface area is 770 Å². The lowest BCUT2D eigenvalue weighted by Gasteiger charge is -2.20. The van der Waals surface area contributed by atoms with E-state index in [1.165, 1.54) is 260 Å². The van der Waals surface area contributed by atoms with E-state index >= 15 is 0 Å². The molecule has 0 aliphatic heterocycles. The standard InChI is InChI=1S/C47H40.C44H34.C40H26/c1-29-25-30(2)45(31(3)26-29)33-19-17-32(18-20-33)34-11-9-12-35(27-34)37-13-7-8-14-38(37)39-23-24-43-40-22-21-36(47(4,5)6)28-44(40)42-16-10-15-41(39)46(42)43;1-44(2,3)34-23-24-38-41-26-25-37(39-17-10-18-40(43(39)41)42(38)28-34)36-16-8-7-15-35(36)33-14-9-13-32(27-33)31-21-19-30(20-22-31)29-11-5-4-6-12-29;1-2-13-27(14-3-1)28-15-4-5-16-29(28)30-17-6-7-18-31(30)32-19-8-9-20-33(32)36-25-26-39-35-22-11-10-21-34(35)37-23-12-24-38(36)40(37)39/h7-28H,1-6H3;4-28H,1-3H3;1-26H. The normalized spacial score (nSPS) is 11.9. The third-order valence-corrected chi connectivity index (χ3v) is 27.6. The van der Waals surface area contributed by atoms with E-state index < -0.39 is 0 Å². The molecule has 24 rings (SSSR count). The third-order valence-electron chi connectivity index (χ3n) is 27.6. The van der Waals surface area contributed by atoms with Crippen molar-refractivity contribution in [2.75, 3.05) is 0 Å². The Morgan fingerprint density at radius 3 is 0.725 bits per heavy atom. The summed E-state index contributed by atoms with van der Waals surface area (Å²) < 4.78 is 0. The Kier molecular flexibility index (Phi) is 20.6. The lowest BCUT2D eigenvalue weighted by atomic mass is 9.85. The van der Waals surface area contributed by atoms with Crippen LogP contribution in [0.1, 0.15) is 69.4 Å². The minimum absolute atomic E-state index is 0.109. The Morgan fingerprint density at radius 2 is 0.359 bits per heavy atom. The molecule has 0 fully saturated rings. The topological polar surface area (TPSA) is 0 Å². The third kappa shape index (κ3) is 14.7. The predicted octanol–water partition coefficient (Wildman–Crippen LogP) is 37.0. The fraction of sp³-hybridized carbons (Fsp3) is 0.0840. The summed E-state index contributed by atoms with van der Waals surface area (Å²) in [5.74, 6) is 0. The van der Waals surface area contributed by atoms with Crippen molar-refractivity contribution in [2.24, 2.45) is 0 Å². The largest absolute Gasteiger partial charge is 0.0622 e. The SMILES string of the molecule is CC(C)(C)c1ccc2c(c1)-c1cccc3c(-c4ccccc4-c4cccc(-c5ccc(-c6ccccc6)cc5)c4)ccc-2c13.Cc1cc(C)c(-c2ccc(-c3cccc(-c4ccccc4-c4ccc5c6c(cccc46)-c4cc(C(C)(C)C)ccc4-5)c3)cc2)c(C)c1.c1ccc(-c2ccccc2-c2ccccc2-c2ccccc2-c2ccc3c4c(cccc24)-c2ccccc2-3)cc1. The van der Waals surface area contributed by atoms with Gasteiger partial charge in [0, 0.05) is 0 Å². The van der Waals surface area contributed by atoms with Gasteiger partial charge in [-0.25, -0.2) is 0 Å². The van der Waals surface area contributed by atoms with Gasteiger partial charge in [-0.1, -0.05) is 466 Å². The summed E-state index contributed by atoms with van der Waals surface area (Å²) in [6.45, 7) is 20.4. The van der Waals surface area contributed by atoms with E-state index in [4.69, 9.17) is 0 Å². The molecule has 0 saturated carbocycles. The van der Waals surface area contributed by atoms with Crippen molar-refractivity contribution in [3.05, 3.63) is 471 Å². The van der Waals surface area contributed by atoms with Gasteiger partial charge in [0.05, 0.1) is 0 Å². The van der Waals surface area contributed by atoms with E-state index in [2.05, 4.69) is 505 Å². The van der Waals surface area contributed by atoms with Crippen LogP contribution in [0.2, 0.25) is 0 Å². The number of fused-ring (bicyclic) bond motifs is 9. The van der Waals surface area contributed by atoms with Gasteiger partial charge in [0.1, 0.15) is 0 Å². The molecular weight excluding hydrogens is 1570 g/mol. The maximum Gasteiger partial charge on any atom is -0.00201 e. The van der Waals surface area contributed by atoms with Crippen molar-refractivity contribution in [2.45, 2.75) is 73.1 Å². The zero-order chi connectivity index (χ0) is 88.8. The number of aryl methyl sites for hydroxylation is 3. The second-order valence-electron chi connectivity index (χ2n) is 37.8. The van der Waals surface area contributed by atoms with Gasteiger partial charge in [-0.05, 0) is 311 Å². The Balaban J connectivity index is 0.000000115. The molecule has 0 nitrogen and oxygen atoms in total. The average molecular weight is 1670 g/mol. The molecule has 3 aliphatic carbocycles. The number of rotatable bonds is 12. The van der Waals surface area contributed by atoms with Gasteiger partial charge in [-0.3, -0.25) is 0 Å². The van der Waals surface area contributed by atoms with Crippen molar-refractivity contribution >= 4 is 32.3 Å². The van der Waals surface area contributed by atoms with Crippen LogP contribution >= 0.6 is 0 Å². The summed E-state index contributed by atoms with van der Waals surface area (Å²) in [7, 11) is 0. The number of hydrogen-bond acceptors (Lipinski definition) is 0. The maximum atomic E-state index is 2.42. The van der Waals surface area contributed by atoms with Crippen molar-refractivity contribution in [1.29, 1.82) is 0 Å². The fourth-order valence-corrected chi connectivity index (χ4v) is 21.3. The Bertz CT molecular complexity index is 8020. The Morgan fingerprint density at radius 1 is 0.137 bits per heavy atom. The second kappa shape index (κ2) is 33.2. The molecule has 0 bridgehead atoms. The monoisotopic (exact) mass is 1670 g/mol. The molecule has 21 aromatic rings. The molecule has 21 aromatic carbocycles. The molecule has 3 aliphatic rings. The first-order valence-electron chi connectivity index (χ1n) is 46.2. The van der Waals surface area contributed by atoms with Gasteiger partial charge in [0.15, 0.2) is 0 Å². The maximum absolute atomic E-state index is 2.42. The fourth-order valence-electron chi connectivity index (χ4n) is 21.3. The summed E-state index contributed by atoms with van der Waals surface area (Å²) in [5, 5.41) is 8.03. The van der Waals surface area contributed by atoms with Crippen molar-refractivity contribution in [3.8, 4) is 200 Å². The lowest BCUT2D eigenvalue weighted by molar-refractivity contribution is 0.590. The summed E-state index contributed by atoms with van der Waals surface area (Å²) in [4.78, 5) is 0. The van der Waals surface area contributed by atoms with Crippen LogP contribution in [-0.2, 0) is 10.8 Å². The average Bonchev–Trinajstić information content (AvgIpc) is 1.55. The van der Waals surface area contributed by atoms with Gasteiger partial charge in [-0.2, -0.15) is 0 Å². The highest BCUT2D eigenvalue weighted by molar-refractivity contribution is 6.22. The molecule has 0 heterocycles. The number of hydrogen-bond donors (Lipinski definition) is 0. The zero-order valence-electron chi connectivity index (χ0n) is 75.6. The minimum Gasteiger partial charge on any atom is -0.0622 e. The highest BCUT2D eigenvalue weighted by atomic mass is 14.3. The first kappa shape index (κ1) is 81.2. The Hall–Kier alpha value is -15.6.